The van der Waals surface area contributed by atoms with Crippen LogP contribution in [-0.4, -0.2) is 11.5 Å². The molecule has 0 aromatic carbocycles. The minimum atomic E-state index is 0.400. The second kappa shape index (κ2) is 5.08. The third kappa shape index (κ3) is 2.51. The Morgan fingerprint density at radius 1 is 1.38 bits per heavy atom. The van der Waals surface area contributed by atoms with Crippen molar-refractivity contribution in [1.82, 2.24) is 10.3 Å². The largest absolute Gasteiger partial charge is 0.310 e. The number of aryl methyl sites for hydroxylation is 1. The number of thiophene rings is 1. The van der Waals surface area contributed by atoms with Crippen LogP contribution in [0.1, 0.15) is 29.6 Å². The number of hydrogen-bond acceptors (Lipinski definition) is 4. The first-order valence-electron chi connectivity index (χ1n) is 5.46. The van der Waals surface area contributed by atoms with Crippen molar-refractivity contribution >= 4 is 22.7 Å². The lowest BCUT2D eigenvalue weighted by Crippen LogP contribution is -2.16. The Hall–Kier alpha value is -0.710. The maximum absolute atomic E-state index is 4.49. The van der Waals surface area contributed by atoms with E-state index in [9.17, 15) is 0 Å². The molecule has 0 amide bonds. The summed E-state index contributed by atoms with van der Waals surface area (Å²) in [5.41, 5.74) is 0. The summed E-state index contributed by atoms with van der Waals surface area (Å²) >= 11 is 3.59. The molecule has 0 saturated carbocycles. The summed E-state index contributed by atoms with van der Waals surface area (Å²) in [4.78, 5) is 8.42. The van der Waals surface area contributed by atoms with Gasteiger partial charge in [-0.25, -0.2) is 4.98 Å². The first-order valence-corrected chi connectivity index (χ1v) is 7.10. The van der Waals surface area contributed by atoms with Gasteiger partial charge in [0.2, 0.25) is 0 Å². The third-order valence-corrected chi connectivity index (χ3v) is 4.76. The molecule has 2 aromatic rings. The van der Waals surface area contributed by atoms with Crippen LogP contribution in [0.4, 0.5) is 0 Å². The van der Waals surface area contributed by atoms with Crippen LogP contribution in [0.5, 0.6) is 0 Å². The molecule has 0 aliphatic rings. The Kier molecular flexibility index (Phi) is 3.74. The predicted octanol–water partition coefficient (Wildman–Crippen LogP) is 3.85. The predicted molar refractivity (Wildman–Crippen MR) is 72.3 cm³/mol. The van der Waals surface area contributed by atoms with Crippen LogP contribution in [0.2, 0.25) is 0 Å². The van der Waals surface area contributed by atoms with Gasteiger partial charge in [0.25, 0.3) is 0 Å². The summed E-state index contributed by atoms with van der Waals surface area (Å²) < 4.78 is 0. The number of hydrogen-bond donors (Lipinski definition) is 1. The average Bonchev–Trinajstić information content (AvgIpc) is 2.85. The lowest BCUT2D eigenvalue weighted by atomic mass is 10.3. The van der Waals surface area contributed by atoms with Gasteiger partial charge in [0.05, 0.1) is 4.88 Å². The fraction of sp³-hybridized carbons (Fsp3) is 0.417. The van der Waals surface area contributed by atoms with Gasteiger partial charge in [-0.2, -0.15) is 0 Å². The first-order chi connectivity index (χ1) is 7.70. The molecule has 0 aliphatic heterocycles. The molecule has 2 aromatic heterocycles. The monoisotopic (exact) mass is 252 g/mol. The van der Waals surface area contributed by atoms with E-state index in [0.717, 1.165) is 11.6 Å². The van der Waals surface area contributed by atoms with Crippen molar-refractivity contribution in [3.05, 3.63) is 28.1 Å². The lowest BCUT2D eigenvalue weighted by molar-refractivity contribution is 0.606. The third-order valence-electron chi connectivity index (χ3n) is 2.41. The van der Waals surface area contributed by atoms with Crippen LogP contribution in [0.3, 0.4) is 0 Å². The minimum Gasteiger partial charge on any atom is -0.310 e. The molecule has 2 nitrogen and oxygen atoms in total. The zero-order valence-electron chi connectivity index (χ0n) is 9.78. The van der Waals surface area contributed by atoms with E-state index in [2.05, 4.69) is 43.2 Å². The summed E-state index contributed by atoms with van der Waals surface area (Å²) in [6, 6.07) is 4.70. The minimum absolute atomic E-state index is 0.400. The van der Waals surface area contributed by atoms with Gasteiger partial charge in [-0.05, 0) is 32.5 Å². The van der Waals surface area contributed by atoms with Crippen molar-refractivity contribution in [3.63, 3.8) is 0 Å². The van der Waals surface area contributed by atoms with Gasteiger partial charge in [0, 0.05) is 22.0 Å². The van der Waals surface area contributed by atoms with Crippen LogP contribution in [0.15, 0.2) is 18.3 Å². The zero-order valence-corrected chi connectivity index (χ0v) is 11.4. The number of nitrogens with zero attached hydrogens (tertiary/aromatic N) is 1. The fourth-order valence-corrected chi connectivity index (χ4v) is 3.43. The molecular weight excluding hydrogens is 236 g/mol. The molecule has 0 bridgehead atoms. The highest BCUT2D eigenvalue weighted by molar-refractivity contribution is 7.21. The molecule has 86 valence electrons. The molecule has 4 heteroatoms. The Balaban J connectivity index is 2.19. The molecule has 16 heavy (non-hydrogen) atoms. The smallest absolute Gasteiger partial charge is 0.133 e. The highest BCUT2D eigenvalue weighted by Gasteiger charge is 2.10. The second-order valence-corrected chi connectivity index (χ2v) is 6.11. The molecule has 1 atom stereocenters. The standard InChI is InChI=1S/C12H16N2S2/c1-4-13-9(3)11-7-14-12(16-11)10-6-5-8(2)15-10/h5-7,9,13H,4H2,1-3H3. The molecular formula is C12H16N2S2. The molecule has 2 heterocycles. The second-order valence-electron chi connectivity index (χ2n) is 3.76. The Bertz CT molecular complexity index is 459. The van der Waals surface area contributed by atoms with E-state index in [1.54, 1.807) is 22.7 Å². The fourth-order valence-electron chi connectivity index (χ4n) is 1.56. The highest BCUT2D eigenvalue weighted by atomic mass is 32.1. The van der Waals surface area contributed by atoms with Gasteiger partial charge >= 0.3 is 0 Å². The van der Waals surface area contributed by atoms with Gasteiger partial charge in [-0.15, -0.1) is 22.7 Å². The number of rotatable bonds is 4. The van der Waals surface area contributed by atoms with Crippen molar-refractivity contribution in [2.75, 3.05) is 6.54 Å². The molecule has 0 saturated heterocycles. The van der Waals surface area contributed by atoms with E-state index < -0.39 is 0 Å². The molecule has 0 spiro atoms. The van der Waals surface area contributed by atoms with Crippen molar-refractivity contribution in [3.8, 4) is 9.88 Å². The van der Waals surface area contributed by atoms with Gasteiger partial charge < -0.3 is 5.32 Å². The molecule has 1 unspecified atom stereocenters. The van der Waals surface area contributed by atoms with E-state index in [-0.39, 0.29) is 0 Å². The highest BCUT2D eigenvalue weighted by Crippen LogP contribution is 2.32. The van der Waals surface area contributed by atoms with Gasteiger partial charge in [-0.3, -0.25) is 0 Å². The molecule has 2 rings (SSSR count). The van der Waals surface area contributed by atoms with Crippen LogP contribution >= 0.6 is 22.7 Å². The average molecular weight is 252 g/mol. The van der Waals surface area contributed by atoms with E-state index in [1.807, 2.05) is 6.20 Å². The van der Waals surface area contributed by atoms with Crippen LogP contribution in [0, 0.1) is 6.92 Å². The Morgan fingerprint density at radius 2 is 2.19 bits per heavy atom. The maximum atomic E-state index is 4.49. The van der Waals surface area contributed by atoms with E-state index in [1.165, 1.54) is 14.6 Å². The van der Waals surface area contributed by atoms with Crippen LogP contribution < -0.4 is 5.32 Å². The van der Waals surface area contributed by atoms with Gasteiger partial charge in [-0.1, -0.05) is 6.92 Å². The van der Waals surface area contributed by atoms with Crippen LogP contribution in [-0.2, 0) is 0 Å². The van der Waals surface area contributed by atoms with Crippen molar-refractivity contribution in [1.29, 1.82) is 0 Å². The Morgan fingerprint density at radius 3 is 2.81 bits per heavy atom. The van der Waals surface area contributed by atoms with Crippen LogP contribution in [0.25, 0.3) is 9.88 Å². The van der Waals surface area contributed by atoms with Crippen molar-refractivity contribution in [2.24, 2.45) is 0 Å². The Labute approximate surface area is 104 Å². The summed E-state index contributed by atoms with van der Waals surface area (Å²) in [5.74, 6) is 0. The summed E-state index contributed by atoms with van der Waals surface area (Å²) in [6.45, 7) is 7.43. The van der Waals surface area contributed by atoms with Crippen molar-refractivity contribution < 1.29 is 0 Å². The summed E-state index contributed by atoms with van der Waals surface area (Å²) in [7, 11) is 0. The normalized spacial score (nSPS) is 12.9. The van der Waals surface area contributed by atoms with Crippen molar-refractivity contribution in [2.45, 2.75) is 26.8 Å². The molecule has 0 fully saturated rings. The summed E-state index contributed by atoms with van der Waals surface area (Å²) in [5, 5.41) is 4.54. The van der Waals surface area contributed by atoms with E-state index in [0.29, 0.717) is 6.04 Å². The van der Waals surface area contributed by atoms with Gasteiger partial charge in [0.15, 0.2) is 0 Å². The SMILES string of the molecule is CCNC(C)c1cnc(-c2ccc(C)s2)s1. The zero-order chi connectivity index (χ0) is 11.5. The van der Waals surface area contributed by atoms with E-state index in [4.69, 9.17) is 0 Å². The topological polar surface area (TPSA) is 24.9 Å². The summed E-state index contributed by atoms with van der Waals surface area (Å²) in [6.07, 6.45) is 1.99. The quantitative estimate of drug-likeness (QED) is 0.894. The molecule has 0 aliphatic carbocycles. The van der Waals surface area contributed by atoms with E-state index >= 15 is 0 Å². The number of nitrogens with one attached hydrogen (secondary N) is 1. The molecule has 1 N–H and O–H groups in total. The number of thiazole rings is 1. The molecule has 0 radical (unpaired) electrons. The number of aromatic nitrogens is 1. The van der Waals surface area contributed by atoms with Gasteiger partial charge in [0.1, 0.15) is 5.01 Å². The first kappa shape index (κ1) is 11.8. The lowest BCUT2D eigenvalue weighted by Gasteiger charge is -2.07. The maximum Gasteiger partial charge on any atom is 0.133 e.